The molecule has 0 saturated carbocycles. The standard InChI is InChI=1S/C16H22N6O/c1-12(2)22-11-15(13(3)19-22)16(23)21-8-6-20(7-9-21)14-4-5-17-18-10-14/h4-5,10-12H,6-9H2,1-3H3. The minimum absolute atomic E-state index is 0.0712. The Morgan fingerprint density at radius 1 is 1.17 bits per heavy atom. The van der Waals surface area contributed by atoms with Crippen molar-refractivity contribution in [3.05, 3.63) is 35.9 Å². The fourth-order valence-corrected chi connectivity index (χ4v) is 2.76. The van der Waals surface area contributed by atoms with E-state index in [2.05, 4.69) is 34.0 Å². The molecule has 0 spiro atoms. The second kappa shape index (κ2) is 6.36. The lowest BCUT2D eigenvalue weighted by atomic mass is 10.2. The van der Waals surface area contributed by atoms with Gasteiger partial charge in [-0.2, -0.15) is 15.3 Å². The summed E-state index contributed by atoms with van der Waals surface area (Å²) in [4.78, 5) is 16.9. The Morgan fingerprint density at radius 2 is 1.91 bits per heavy atom. The summed E-state index contributed by atoms with van der Waals surface area (Å²) in [5, 5.41) is 12.1. The fourth-order valence-electron chi connectivity index (χ4n) is 2.76. The smallest absolute Gasteiger partial charge is 0.257 e. The number of amides is 1. The van der Waals surface area contributed by atoms with E-state index in [1.165, 1.54) is 0 Å². The topological polar surface area (TPSA) is 67.2 Å². The second-order valence-electron chi connectivity index (χ2n) is 6.08. The van der Waals surface area contributed by atoms with E-state index in [0.29, 0.717) is 18.7 Å². The number of carbonyl (C=O) groups is 1. The van der Waals surface area contributed by atoms with Crippen molar-refractivity contribution in [3.63, 3.8) is 0 Å². The van der Waals surface area contributed by atoms with Gasteiger partial charge in [-0.25, -0.2) is 0 Å². The second-order valence-corrected chi connectivity index (χ2v) is 6.08. The molecule has 0 bridgehead atoms. The first kappa shape index (κ1) is 15.5. The van der Waals surface area contributed by atoms with Gasteiger partial charge in [0.2, 0.25) is 0 Å². The normalized spacial score (nSPS) is 15.3. The summed E-state index contributed by atoms with van der Waals surface area (Å²) in [7, 11) is 0. The highest BCUT2D eigenvalue weighted by molar-refractivity contribution is 5.95. The van der Waals surface area contributed by atoms with E-state index in [1.54, 1.807) is 12.4 Å². The van der Waals surface area contributed by atoms with Crippen LogP contribution < -0.4 is 4.90 Å². The third kappa shape index (κ3) is 3.18. The van der Waals surface area contributed by atoms with E-state index in [1.807, 2.05) is 28.8 Å². The number of carbonyl (C=O) groups excluding carboxylic acids is 1. The fraction of sp³-hybridized carbons (Fsp3) is 0.500. The molecule has 1 amide bonds. The van der Waals surface area contributed by atoms with E-state index in [4.69, 9.17) is 0 Å². The summed E-state index contributed by atoms with van der Waals surface area (Å²) in [6, 6.07) is 2.20. The maximum absolute atomic E-state index is 12.7. The van der Waals surface area contributed by atoms with E-state index >= 15 is 0 Å². The van der Waals surface area contributed by atoms with Gasteiger partial charge in [0.1, 0.15) is 0 Å². The molecular formula is C16H22N6O. The summed E-state index contributed by atoms with van der Waals surface area (Å²) < 4.78 is 1.85. The zero-order valence-corrected chi connectivity index (χ0v) is 13.8. The molecule has 0 N–H and O–H groups in total. The maximum Gasteiger partial charge on any atom is 0.257 e. The van der Waals surface area contributed by atoms with Gasteiger partial charge in [-0.05, 0) is 26.8 Å². The number of hydrogen-bond acceptors (Lipinski definition) is 5. The van der Waals surface area contributed by atoms with Crippen LogP contribution in [0, 0.1) is 6.92 Å². The van der Waals surface area contributed by atoms with E-state index in [-0.39, 0.29) is 11.9 Å². The molecule has 0 radical (unpaired) electrons. The van der Waals surface area contributed by atoms with Crippen LogP contribution in [-0.4, -0.2) is 57.0 Å². The molecule has 1 saturated heterocycles. The Bertz CT molecular complexity index is 673. The van der Waals surface area contributed by atoms with Crippen molar-refractivity contribution in [2.75, 3.05) is 31.1 Å². The molecule has 2 aromatic heterocycles. The van der Waals surface area contributed by atoms with Crippen molar-refractivity contribution in [2.24, 2.45) is 0 Å². The SMILES string of the molecule is Cc1nn(C(C)C)cc1C(=O)N1CCN(c2ccnnc2)CC1. The molecule has 7 nitrogen and oxygen atoms in total. The van der Waals surface area contributed by atoms with Gasteiger partial charge >= 0.3 is 0 Å². The minimum atomic E-state index is 0.0712. The Hall–Kier alpha value is -2.44. The molecule has 0 aliphatic carbocycles. The lowest BCUT2D eigenvalue weighted by molar-refractivity contribution is 0.0746. The van der Waals surface area contributed by atoms with Gasteiger partial charge in [0, 0.05) is 38.4 Å². The monoisotopic (exact) mass is 314 g/mol. The molecule has 122 valence electrons. The van der Waals surface area contributed by atoms with E-state index in [0.717, 1.165) is 24.5 Å². The molecular weight excluding hydrogens is 292 g/mol. The van der Waals surface area contributed by atoms with Crippen molar-refractivity contribution in [2.45, 2.75) is 26.8 Å². The summed E-state index contributed by atoms with van der Waals surface area (Å²) in [6.45, 7) is 9.01. The van der Waals surface area contributed by atoms with Gasteiger partial charge in [-0.1, -0.05) is 0 Å². The van der Waals surface area contributed by atoms with E-state index in [9.17, 15) is 4.79 Å². The number of rotatable bonds is 3. The van der Waals surface area contributed by atoms with Crippen LogP contribution in [0.25, 0.3) is 0 Å². The molecule has 1 aliphatic heterocycles. The Morgan fingerprint density at radius 3 is 2.48 bits per heavy atom. The lowest BCUT2D eigenvalue weighted by Crippen LogP contribution is -2.48. The van der Waals surface area contributed by atoms with Crippen LogP contribution in [0.3, 0.4) is 0 Å². The average Bonchev–Trinajstić information content (AvgIpc) is 2.97. The highest BCUT2D eigenvalue weighted by atomic mass is 16.2. The average molecular weight is 314 g/mol. The first-order valence-corrected chi connectivity index (χ1v) is 7.93. The molecule has 2 aromatic rings. The molecule has 1 aliphatic rings. The van der Waals surface area contributed by atoms with Gasteiger partial charge in [0.05, 0.1) is 29.3 Å². The van der Waals surface area contributed by atoms with Gasteiger partial charge in [0.15, 0.2) is 0 Å². The van der Waals surface area contributed by atoms with Crippen LogP contribution >= 0.6 is 0 Å². The van der Waals surface area contributed by atoms with Crippen molar-refractivity contribution in [1.82, 2.24) is 24.9 Å². The van der Waals surface area contributed by atoms with Crippen molar-refractivity contribution < 1.29 is 4.79 Å². The van der Waals surface area contributed by atoms with Crippen LogP contribution in [0.4, 0.5) is 5.69 Å². The van der Waals surface area contributed by atoms with Crippen LogP contribution in [0.5, 0.6) is 0 Å². The maximum atomic E-state index is 12.7. The summed E-state index contributed by atoms with van der Waals surface area (Å²) in [6.07, 6.45) is 5.31. The first-order valence-electron chi connectivity index (χ1n) is 7.93. The molecule has 0 atom stereocenters. The third-order valence-corrected chi connectivity index (χ3v) is 4.18. The summed E-state index contributed by atoms with van der Waals surface area (Å²) >= 11 is 0. The van der Waals surface area contributed by atoms with Crippen LogP contribution in [0.2, 0.25) is 0 Å². The van der Waals surface area contributed by atoms with Crippen molar-refractivity contribution in [1.29, 1.82) is 0 Å². The number of hydrogen-bond donors (Lipinski definition) is 0. The summed E-state index contributed by atoms with van der Waals surface area (Å²) in [5.41, 5.74) is 2.55. The zero-order chi connectivity index (χ0) is 16.4. The van der Waals surface area contributed by atoms with Crippen LogP contribution in [-0.2, 0) is 0 Å². The Balaban J connectivity index is 1.67. The highest BCUT2D eigenvalue weighted by Gasteiger charge is 2.25. The highest BCUT2D eigenvalue weighted by Crippen LogP contribution is 2.17. The van der Waals surface area contributed by atoms with Gasteiger partial charge in [-0.3, -0.25) is 9.48 Å². The molecule has 23 heavy (non-hydrogen) atoms. The van der Waals surface area contributed by atoms with Crippen molar-refractivity contribution in [3.8, 4) is 0 Å². The number of anilines is 1. The third-order valence-electron chi connectivity index (χ3n) is 4.18. The molecule has 7 heteroatoms. The predicted molar refractivity (Wildman–Crippen MR) is 87.5 cm³/mol. The largest absolute Gasteiger partial charge is 0.367 e. The molecule has 0 unspecified atom stereocenters. The predicted octanol–water partition coefficient (Wildman–Crippen LogP) is 1.52. The quantitative estimate of drug-likeness (QED) is 0.859. The molecule has 3 heterocycles. The van der Waals surface area contributed by atoms with Crippen LogP contribution in [0.1, 0.15) is 35.9 Å². The molecule has 1 fully saturated rings. The number of nitrogens with zero attached hydrogens (tertiary/aromatic N) is 6. The number of piperazine rings is 1. The lowest BCUT2D eigenvalue weighted by Gasteiger charge is -2.35. The minimum Gasteiger partial charge on any atom is -0.367 e. The van der Waals surface area contributed by atoms with Gasteiger partial charge < -0.3 is 9.80 Å². The number of aryl methyl sites for hydroxylation is 1. The molecule has 3 rings (SSSR count). The Labute approximate surface area is 135 Å². The van der Waals surface area contributed by atoms with Crippen LogP contribution in [0.15, 0.2) is 24.7 Å². The zero-order valence-electron chi connectivity index (χ0n) is 13.8. The number of aromatic nitrogens is 4. The van der Waals surface area contributed by atoms with Gasteiger partial charge in [0.25, 0.3) is 5.91 Å². The first-order chi connectivity index (χ1) is 11.1. The molecule has 0 aromatic carbocycles. The summed E-state index contributed by atoms with van der Waals surface area (Å²) in [5.74, 6) is 0.0712. The van der Waals surface area contributed by atoms with Gasteiger partial charge in [-0.15, -0.1) is 0 Å². The van der Waals surface area contributed by atoms with Crippen molar-refractivity contribution >= 4 is 11.6 Å². The van der Waals surface area contributed by atoms with E-state index < -0.39 is 0 Å². The Kier molecular flexibility index (Phi) is 4.27.